The van der Waals surface area contributed by atoms with Crippen LogP contribution in [0.1, 0.15) is 38.2 Å². The molecule has 1 unspecified atom stereocenters. The Kier molecular flexibility index (Phi) is 5.18. The number of hydrogen-bond acceptors (Lipinski definition) is 4. The molecule has 5 heteroatoms. The van der Waals surface area contributed by atoms with Crippen molar-refractivity contribution in [1.29, 1.82) is 0 Å². The van der Waals surface area contributed by atoms with E-state index in [4.69, 9.17) is 15.2 Å². The van der Waals surface area contributed by atoms with E-state index in [-0.39, 0.29) is 12.0 Å². The molecule has 1 aliphatic heterocycles. The Labute approximate surface area is 137 Å². The van der Waals surface area contributed by atoms with Crippen LogP contribution in [0, 0.1) is 0 Å². The van der Waals surface area contributed by atoms with Gasteiger partial charge in [-0.15, -0.1) is 0 Å². The van der Waals surface area contributed by atoms with Crippen molar-refractivity contribution in [3.63, 3.8) is 0 Å². The lowest BCUT2D eigenvalue weighted by molar-refractivity contribution is -0.142. The average molecular weight is 318 g/mol. The minimum Gasteiger partial charge on any atom is -0.490 e. The molecule has 1 aromatic carbocycles. The topological polar surface area (TPSA) is 64.8 Å². The first kappa shape index (κ1) is 16.3. The van der Waals surface area contributed by atoms with E-state index >= 15 is 0 Å². The summed E-state index contributed by atoms with van der Waals surface area (Å²) in [5.74, 6) is 0.557. The van der Waals surface area contributed by atoms with E-state index in [9.17, 15) is 4.79 Å². The van der Waals surface area contributed by atoms with Gasteiger partial charge < -0.3 is 15.2 Å². The summed E-state index contributed by atoms with van der Waals surface area (Å²) in [6, 6.07) is 8.27. The summed E-state index contributed by atoms with van der Waals surface area (Å²) in [4.78, 5) is 13.6. The zero-order valence-electron chi connectivity index (χ0n) is 13.7. The molecular weight excluding hydrogens is 292 g/mol. The van der Waals surface area contributed by atoms with Crippen LogP contribution in [0.4, 0.5) is 0 Å². The van der Waals surface area contributed by atoms with Crippen molar-refractivity contribution in [2.24, 2.45) is 5.73 Å². The fourth-order valence-electron chi connectivity index (χ4n) is 3.50. The van der Waals surface area contributed by atoms with Crippen molar-refractivity contribution in [3.05, 3.63) is 29.8 Å². The number of amides is 1. The molecule has 1 heterocycles. The van der Waals surface area contributed by atoms with Gasteiger partial charge in [0.05, 0.1) is 12.2 Å². The molecule has 2 N–H and O–H groups in total. The van der Waals surface area contributed by atoms with E-state index in [1.165, 1.54) is 18.4 Å². The van der Waals surface area contributed by atoms with E-state index in [1.54, 1.807) is 0 Å². The number of carbonyl (C=O) groups is 1. The summed E-state index contributed by atoms with van der Waals surface area (Å²) >= 11 is 0. The molecule has 0 spiro atoms. The van der Waals surface area contributed by atoms with Crippen molar-refractivity contribution in [2.75, 3.05) is 13.1 Å². The molecule has 0 bridgehead atoms. The van der Waals surface area contributed by atoms with Gasteiger partial charge in [0.1, 0.15) is 11.9 Å². The number of carbonyl (C=O) groups excluding carboxylic acids is 1. The summed E-state index contributed by atoms with van der Waals surface area (Å²) < 4.78 is 11.7. The maximum absolute atomic E-state index is 11.4. The monoisotopic (exact) mass is 318 g/mol. The molecule has 1 aromatic rings. The van der Waals surface area contributed by atoms with E-state index in [1.807, 2.05) is 19.1 Å². The molecular formula is C18H26N2O3. The lowest BCUT2D eigenvalue weighted by Gasteiger charge is -2.35. The van der Waals surface area contributed by atoms with Gasteiger partial charge in [-0.1, -0.05) is 12.1 Å². The van der Waals surface area contributed by atoms with Crippen molar-refractivity contribution in [2.45, 2.75) is 57.5 Å². The maximum Gasteiger partial charge on any atom is 0.247 e. The highest BCUT2D eigenvalue weighted by molar-refractivity contribution is 5.79. The number of primary amides is 1. The van der Waals surface area contributed by atoms with Gasteiger partial charge in [0.25, 0.3) is 0 Å². The molecule has 1 saturated heterocycles. The highest BCUT2D eigenvalue weighted by Gasteiger charge is 2.28. The van der Waals surface area contributed by atoms with Crippen LogP contribution in [0.5, 0.6) is 5.75 Å². The van der Waals surface area contributed by atoms with Crippen LogP contribution in [0.15, 0.2) is 24.3 Å². The largest absolute Gasteiger partial charge is 0.490 e. The van der Waals surface area contributed by atoms with Gasteiger partial charge in [0.2, 0.25) is 5.91 Å². The Balaban J connectivity index is 1.61. The predicted octanol–water partition coefficient (Wildman–Crippen LogP) is 2.08. The Morgan fingerprint density at radius 1 is 1.35 bits per heavy atom. The lowest BCUT2D eigenvalue weighted by atomic mass is 10.1. The number of hydrogen-bond donors (Lipinski definition) is 1. The third kappa shape index (κ3) is 4.45. The lowest BCUT2D eigenvalue weighted by Crippen LogP contribution is -2.51. The van der Waals surface area contributed by atoms with E-state index < -0.39 is 6.10 Å². The molecule has 1 aliphatic carbocycles. The van der Waals surface area contributed by atoms with Gasteiger partial charge in [-0.3, -0.25) is 9.69 Å². The number of benzene rings is 1. The highest BCUT2D eigenvalue weighted by Crippen LogP contribution is 2.25. The van der Waals surface area contributed by atoms with Crippen LogP contribution >= 0.6 is 0 Å². The summed E-state index contributed by atoms with van der Waals surface area (Å²) in [5.41, 5.74) is 6.58. The number of rotatable bonds is 5. The van der Waals surface area contributed by atoms with Crippen LogP contribution in [-0.4, -0.2) is 42.2 Å². The van der Waals surface area contributed by atoms with Gasteiger partial charge in [-0.2, -0.15) is 0 Å². The SMILES string of the molecule is C[C@@H]1CN(Cc2cccc(OC3CCCC3)c2)CC(C(N)=O)O1. The van der Waals surface area contributed by atoms with Crippen molar-refractivity contribution < 1.29 is 14.3 Å². The molecule has 2 atom stereocenters. The second kappa shape index (κ2) is 7.32. The predicted molar refractivity (Wildman–Crippen MR) is 88.1 cm³/mol. The smallest absolute Gasteiger partial charge is 0.247 e. The first-order valence-corrected chi connectivity index (χ1v) is 8.53. The van der Waals surface area contributed by atoms with Gasteiger partial charge in [0.15, 0.2) is 0 Å². The van der Waals surface area contributed by atoms with Gasteiger partial charge in [-0.05, 0) is 50.3 Å². The molecule has 2 aliphatic rings. The third-order valence-corrected chi connectivity index (χ3v) is 4.56. The first-order valence-electron chi connectivity index (χ1n) is 8.53. The van der Waals surface area contributed by atoms with E-state index in [2.05, 4.69) is 17.0 Å². The number of ether oxygens (including phenoxy) is 2. The Morgan fingerprint density at radius 3 is 2.87 bits per heavy atom. The van der Waals surface area contributed by atoms with E-state index in [0.717, 1.165) is 31.7 Å². The Morgan fingerprint density at radius 2 is 2.13 bits per heavy atom. The summed E-state index contributed by atoms with van der Waals surface area (Å²) in [6.07, 6.45) is 4.72. The van der Waals surface area contributed by atoms with Crippen LogP contribution in [-0.2, 0) is 16.1 Å². The van der Waals surface area contributed by atoms with Gasteiger partial charge in [-0.25, -0.2) is 0 Å². The second-order valence-electron chi connectivity index (χ2n) is 6.70. The van der Waals surface area contributed by atoms with Gasteiger partial charge in [0, 0.05) is 19.6 Å². The number of morpholine rings is 1. The molecule has 2 fully saturated rings. The summed E-state index contributed by atoms with van der Waals surface area (Å²) in [6.45, 7) is 4.10. The number of nitrogens with zero attached hydrogens (tertiary/aromatic N) is 1. The molecule has 0 radical (unpaired) electrons. The normalized spacial score (nSPS) is 26.3. The highest BCUT2D eigenvalue weighted by atomic mass is 16.5. The van der Waals surface area contributed by atoms with Crippen LogP contribution < -0.4 is 10.5 Å². The Bertz CT molecular complexity index is 543. The third-order valence-electron chi connectivity index (χ3n) is 4.56. The molecule has 3 rings (SSSR count). The zero-order chi connectivity index (χ0) is 16.2. The van der Waals surface area contributed by atoms with Crippen LogP contribution in [0.2, 0.25) is 0 Å². The quantitative estimate of drug-likeness (QED) is 0.903. The van der Waals surface area contributed by atoms with E-state index in [0.29, 0.717) is 12.6 Å². The molecule has 5 nitrogen and oxygen atoms in total. The number of nitrogens with two attached hydrogens (primary N) is 1. The molecule has 23 heavy (non-hydrogen) atoms. The zero-order valence-corrected chi connectivity index (χ0v) is 13.7. The molecule has 126 valence electrons. The van der Waals surface area contributed by atoms with Crippen LogP contribution in [0.3, 0.4) is 0 Å². The van der Waals surface area contributed by atoms with Gasteiger partial charge >= 0.3 is 0 Å². The molecule has 1 amide bonds. The fraction of sp³-hybridized carbons (Fsp3) is 0.611. The van der Waals surface area contributed by atoms with Crippen molar-refractivity contribution in [3.8, 4) is 5.75 Å². The average Bonchev–Trinajstić information content (AvgIpc) is 3.00. The Hall–Kier alpha value is -1.59. The summed E-state index contributed by atoms with van der Waals surface area (Å²) in [5, 5.41) is 0. The fourth-order valence-corrected chi connectivity index (χ4v) is 3.50. The van der Waals surface area contributed by atoms with Crippen molar-refractivity contribution in [1.82, 2.24) is 4.90 Å². The minimum atomic E-state index is -0.517. The maximum atomic E-state index is 11.4. The standard InChI is InChI=1S/C18H26N2O3/c1-13-10-20(12-17(22-13)18(19)21)11-14-5-4-8-16(9-14)23-15-6-2-3-7-15/h4-5,8-9,13,15,17H,2-3,6-7,10-12H2,1H3,(H2,19,21)/t13-,17?/m1/s1. The van der Waals surface area contributed by atoms with Crippen molar-refractivity contribution >= 4 is 5.91 Å². The van der Waals surface area contributed by atoms with Crippen LogP contribution in [0.25, 0.3) is 0 Å². The molecule has 0 aromatic heterocycles. The second-order valence-corrected chi connectivity index (χ2v) is 6.70. The molecule has 1 saturated carbocycles. The first-order chi connectivity index (χ1) is 11.1. The minimum absolute atomic E-state index is 0.0131. The summed E-state index contributed by atoms with van der Waals surface area (Å²) in [7, 11) is 0.